The van der Waals surface area contributed by atoms with Crippen molar-refractivity contribution in [1.29, 1.82) is 0 Å². The van der Waals surface area contributed by atoms with Crippen LogP contribution in [-0.2, 0) is 9.59 Å². The van der Waals surface area contributed by atoms with E-state index in [1.54, 1.807) is 25.1 Å². The fourth-order valence-corrected chi connectivity index (χ4v) is 4.04. The average molecular weight is 491 g/mol. The molecule has 0 unspecified atom stereocenters. The Morgan fingerprint density at radius 2 is 2.03 bits per heavy atom. The van der Waals surface area contributed by atoms with E-state index in [9.17, 15) is 19.5 Å². The number of hydrogen-bond donors (Lipinski definition) is 2. The van der Waals surface area contributed by atoms with Crippen molar-refractivity contribution in [2.45, 2.75) is 13.8 Å². The Balaban J connectivity index is 1.77. The van der Waals surface area contributed by atoms with Crippen molar-refractivity contribution in [3.05, 3.63) is 56.9 Å². The highest BCUT2D eigenvalue weighted by atomic mass is 79.9. The lowest BCUT2D eigenvalue weighted by atomic mass is 10.2. The fraction of sp³-hybridized carbons (Fsp3) is 0.190. The lowest BCUT2D eigenvalue weighted by Crippen LogP contribution is -2.36. The van der Waals surface area contributed by atoms with Gasteiger partial charge in [0.05, 0.1) is 11.5 Å². The molecule has 0 saturated carbocycles. The zero-order chi connectivity index (χ0) is 21.8. The van der Waals surface area contributed by atoms with Crippen LogP contribution in [0.25, 0.3) is 6.08 Å². The summed E-state index contributed by atoms with van der Waals surface area (Å²) in [4.78, 5) is 38.5. The molecule has 1 fully saturated rings. The first-order valence-corrected chi connectivity index (χ1v) is 10.7. The lowest BCUT2D eigenvalue weighted by molar-refractivity contribution is -0.127. The van der Waals surface area contributed by atoms with Crippen LogP contribution in [0.4, 0.5) is 10.5 Å². The Kier molecular flexibility index (Phi) is 6.84. The summed E-state index contributed by atoms with van der Waals surface area (Å²) in [5, 5.41) is 12.1. The Morgan fingerprint density at radius 1 is 1.30 bits per heavy atom. The van der Waals surface area contributed by atoms with Crippen LogP contribution in [-0.4, -0.2) is 40.2 Å². The molecule has 2 aromatic carbocycles. The summed E-state index contributed by atoms with van der Waals surface area (Å²) in [7, 11) is 0. The SMILES string of the molecule is CCOc1cc(C=C2SC(=O)N(CC(=O)Nc3ccccc3C)C2=O)c(Br)cc1O. The minimum atomic E-state index is -0.553. The maximum Gasteiger partial charge on any atom is 0.294 e. The summed E-state index contributed by atoms with van der Waals surface area (Å²) in [5.41, 5.74) is 2.06. The van der Waals surface area contributed by atoms with Gasteiger partial charge in [-0.3, -0.25) is 19.3 Å². The quantitative estimate of drug-likeness (QED) is 0.577. The van der Waals surface area contributed by atoms with E-state index in [0.29, 0.717) is 22.3 Å². The highest BCUT2D eigenvalue weighted by molar-refractivity contribution is 9.10. The first-order valence-electron chi connectivity index (χ1n) is 9.06. The second kappa shape index (κ2) is 9.36. The molecule has 0 aromatic heterocycles. The standard InChI is InChI=1S/C21H19BrN2O5S/c1-3-29-17-8-13(14(22)10-16(17)25)9-18-20(27)24(21(28)30-18)11-19(26)23-15-7-5-4-6-12(15)2/h4-10,25H,3,11H2,1-2H3,(H,23,26). The van der Waals surface area contributed by atoms with E-state index in [-0.39, 0.29) is 22.9 Å². The van der Waals surface area contributed by atoms with E-state index < -0.39 is 17.1 Å². The van der Waals surface area contributed by atoms with Gasteiger partial charge in [-0.1, -0.05) is 34.1 Å². The van der Waals surface area contributed by atoms with Gasteiger partial charge in [0.2, 0.25) is 5.91 Å². The van der Waals surface area contributed by atoms with Crippen molar-refractivity contribution in [3.8, 4) is 11.5 Å². The molecule has 0 bridgehead atoms. The predicted octanol–water partition coefficient (Wildman–Crippen LogP) is 4.54. The maximum absolute atomic E-state index is 12.7. The largest absolute Gasteiger partial charge is 0.504 e. The molecule has 0 radical (unpaired) electrons. The number of carbonyl (C=O) groups excluding carboxylic acids is 3. The van der Waals surface area contributed by atoms with Gasteiger partial charge >= 0.3 is 0 Å². The van der Waals surface area contributed by atoms with E-state index in [1.807, 2.05) is 19.1 Å². The Morgan fingerprint density at radius 3 is 2.73 bits per heavy atom. The predicted molar refractivity (Wildman–Crippen MR) is 119 cm³/mol. The maximum atomic E-state index is 12.7. The van der Waals surface area contributed by atoms with E-state index in [2.05, 4.69) is 21.2 Å². The number of phenolic OH excluding ortho intramolecular Hbond substituents is 1. The van der Waals surface area contributed by atoms with Crippen molar-refractivity contribution in [2.75, 3.05) is 18.5 Å². The minimum Gasteiger partial charge on any atom is -0.504 e. The third kappa shape index (κ3) is 4.85. The summed E-state index contributed by atoms with van der Waals surface area (Å²) < 4.78 is 5.90. The van der Waals surface area contributed by atoms with E-state index in [0.717, 1.165) is 22.2 Å². The zero-order valence-corrected chi connectivity index (χ0v) is 18.7. The zero-order valence-electron chi connectivity index (χ0n) is 16.3. The van der Waals surface area contributed by atoms with E-state index in [1.165, 1.54) is 12.1 Å². The van der Waals surface area contributed by atoms with Crippen molar-refractivity contribution in [1.82, 2.24) is 4.90 Å². The van der Waals surface area contributed by atoms with Gasteiger partial charge in [-0.25, -0.2) is 0 Å². The number of para-hydroxylation sites is 1. The van der Waals surface area contributed by atoms with Gasteiger partial charge in [0.1, 0.15) is 6.54 Å². The summed E-state index contributed by atoms with van der Waals surface area (Å²) in [6.45, 7) is 3.62. The Labute approximate surface area is 186 Å². The number of amides is 3. The molecule has 9 heteroatoms. The van der Waals surface area contributed by atoms with Crippen molar-refractivity contribution < 1.29 is 24.2 Å². The molecule has 1 aliphatic rings. The molecule has 1 aliphatic heterocycles. The summed E-state index contributed by atoms with van der Waals surface area (Å²) in [6, 6.07) is 10.3. The number of phenols is 1. The summed E-state index contributed by atoms with van der Waals surface area (Å²) >= 11 is 4.09. The van der Waals surface area contributed by atoms with Gasteiger partial charge in [-0.2, -0.15) is 0 Å². The molecule has 2 N–H and O–H groups in total. The van der Waals surface area contributed by atoms with Gasteiger partial charge in [0.15, 0.2) is 11.5 Å². The molecule has 3 rings (SSSR count). The molecule has 0 spiro atoms. The number of nitrogens with zero attached hydrogens (tertiary/aromatic N) is 1. The smallest absolute Gasteiger partial charge is 0.294 e. The van der Waals surface area contributed by atoms with Crippen LogP contribution in [0, 0.1) is 6.92 Å². The molecule has 30 heavy (non-hydrogen) atoms. The van der Waals surface area contributed by atoms with Crippen molar-refractivity contribution >= 4 is 56.5 Å². The number of rotatable bonds is 6. The Hall–Kier alpha value is -2.78. The molecule has 156 valence electrons. The van der Waals surface area contributed by atoms with E-state index >= 15 is 0 Å². The highest BCUT2D eigenvalue weighted by Gasteiger charge is 2.36. The minimum absolute atomic E-state index is 0.0399. The number of ether oxygens (including phenoxy) is 1. The van der Waals surface area contributed by atoms with E-state index in [4.69, 9.17) is 4.74 Å². The molecule has 0 atom stereocenters. The van der Waals surface area contributed by atoms with Crippen LogP contribution in [0.5, 0.6) is 11.5 Å². The number of imide groups is 1. The number of halogens is 1. The number of aryl methyl sites for hydroxylation is 1. The molecule has 3 amide bonds. The highest BCUT2D eigenvalue weighted by Crippen LogP contribution is 2.37. The molecular formula is C21H19BrN2O5S. The number of nitrogens with one attached hydrogen (secondary N) is 1. The molecule has 1 saturated heterocycles. The summed E-state index contributed by atoms with van der Waals surface area (Å²) in [5.74, 6) is -0.786. The molecule has 2 aromatic rings. The van der Waals surface area contributed by atoms with Crippen LogP contribution in [0.1, 0.15) is 18.1 Å². The fourth-order valence-electron chi connectivity index (χ4n) is 2.76. The van der Waals surface area contributed by atoms with Crippen molar-refractivity contribution in [2.24, 2.45) is 0 Å². The number of anilines is 1. The number of hydrogen-bond acceptors (Lipinski definition) is 6. The average Bonchev–Trinajstić information content (AvgIpc) is 2.95. The molecule has 0 aliphatic carbocycles. The lowest BCUT2D eigenvalue weighted by Gasteiger charge is -2.13. The molecular weight excluding hydrogens is 472 g/mol. The number of carbonyl (C=O) groups is 3. The second-order valence-corrected chi connectivity index (χ2v) is 8.25. The first-order chi connectivity index (χ1) is 14.3. The number of benzene rings is 2. The van der Waals surface area contributed by atoms with Crippen LogP contribution < -0.4 is 10.1 Å². The van der Waals surface area contributed by atoms with Crippen LogP contribution >= 0.6 is 27.7 Å². The summed E-state index contributed by atoms with van der Waals surface area (Å²) in [6.07, 6.45) is 1.52. The number of thioether (sulfide) groups is 1. The van der Waals surface area contributed by atoms with Crippen molar-refractivity contribution in [3.63, 3.8) is 0 Å². The normalized spacial score (nSPS) is 15.0. The monoisotopic (exact) mass is 490 g/mol. The first kappa shape index (κ1) is 21.9. The second-order valence-electron chi connectivity index (χ2n) is 6.41. The van der Waals surface area contributed by atoms with Crippen LogP contribution in [0.2, 0.25) is 0 Å². The Bertz CT molecular complexity index is 1050. The van der Waals surface area contributed by atoms with Crippen LogP contribution in [0.15, 0.2) is 45.8 Å². The number of aromatic hydroxyl groups is 1. The van der Waals surface area contributed by atoms with Gasteiger partial charge < -0.3 is 15.2 Å². The van der Waals surface area contributed by atoms with Crippen LogP contribution in [0.3, 0.4) is 0 Å². The van der Waals surface area contributed by atoms with Gasteiger partial charge in [-0.05, 0) is 61.0 Å². The third-order valence-corrected chi connectivity index (χ3v) is 5.85. The van der Waals surface area contributed by atoms with Gasteiger partial charge in [-0.15, -0.1) is 0 Å². The van der Waals surface area contributed by atoms with Gasteiger partial charge in [0.25, 0.3) is 11.1 Å². The van der Waals surface area contributed by atoms with Gasteiger partial charge in [0, 0.05) is 10.2 Å². The topological polar surface area (TPSA) is 95.9 Å². The molecule has 1 heterocycles. The molecule has 7 nitrogen and oxygen atoms in total. The third-order valence-electron chi connectivity index (χ3n) is 4.26.